The van der Waals surface area contributed by atoms with Crippen molar-refractivity contribution < 1.29 is 9.53 Å². The number of piperidine rings is 1. The van der Waals surface area contributed by atoms with Crippen molar-refractivity contribution in [2.75, 3.05) is 18.0 Å². The molecule has 0 spiro atoms. The number of pyridine rings is 1. The molecule has 0 unspecified atom stereocenters. The molecule has 1 saturated heterocycles. The molecule has 2 aromatic rings. The largest absolute Gasteiger partial charge is 0.459 e. The molecule has 0 aliphatic carbocycles. The molecule has 7 nitrogen and oxygen atoms in total. The van der Waals surface area contributed by atoms with Gasteiger partial charge in [0.05, 0.1) is 6.10 Å². The third kappa shape index (κ3) is 3.81. The molecule has 134 valence electrons. The number of esters is 1. The number of ether oxygens (including phenoxy) is 1. The summed E-state index contributed by atoms with van der Waals surface area (Å²) >= 11 is 0. The molecule has 0 radical (unpaired) electrons. The zero-order chi connectivity index (χ0) is 17.8. The summed E-state index contributed by atoms with van der Waals surface area (Å²) in [5, 5.41) is 8.33. The summed E-state index contributed by atoms with van der Waals surface area (Å²) in [6.45, 7) is 8.35. The minimum absolute atomic E-state index is 0.147. The highest BCUT2D eigenvalue weighted by molar-refractivity contribution is 5.94. The van der Waals surface area contributed by atoms with Crippen LogP contribution in [0.2, 0.25) is 0 Å². The lowest BCUT2D eigenvalue weighted by Gasteiger charge is -2.33. The van der Waals surface area contributed by atoms with E-state index in [4.69, 9.17) is 4.74 Å². The minimum atomic E-state index is -0.314. The van der Waals surface area contributed by atoms with E-state index in [1.807, 2.05) is 13.8 Å². The lowest BCUT2D eigenvalue weighted by molar-refractivity contribution is 0.0378. The van der Waals surface area contributed by atoms with E-state index in [1.165, 1.54) is 0 Å². The Bertz CT molecular complexity index is 720. The number of aryl methyl sites for hydroxylation is 1. The molecule has 1 fully saturated rings. The summed E-state index contributed by atoms with van der Waals surface area (Å²) < 4.78 is 7.45. The van der Waals surface area contributed by atoms with Crippen LogP contribution in [-0.2, 0) is 11.3 Å². The molecule has 0 aromatic carbocycles. The van der Waals surface area contributed by atoms with Crippen molar-refractivity contribution in [1.29, 1.82) is 0 Å². The van der Waals surface area contributed by atoms with Crippen LogP contribution in [0.4, 0.5) is 5.82 Å². The number of anilines is 1. The Hall–Kier alpha value is -2.44. The van der Waals surface area contributed by atoms with Crippen molar-refractivity contribution in [3.63, 3.8) is 0 Å². The van der Waals surface area contributed by atoms with Crippen molar-refractivity contribution in [2.45, 2.75) is 52.2 Å². The van der Waals surface area contributed by atoms with E-state index in [2.05, 4.69) is 31.6 Å². The molecule has 2 aromatic heterocycles. The van der Waals surface area contributed by atoms with Gasteiger partial charge in [0.2, 0.25) is 0 Å². The first-order valence-corrected chi connectivity index (χ1v) is 8.88. The van der Waals surface area contributed by atoms with Gasteiger partial charge < -0.3 is 14.2 Å². The molecule has 0 atom stereocenters. The molecule has 0 amide bonds. The second-order valence-electron chi connectivity index (χ2n) is 6.57. The van der Waals surface area contributed by atoms with Gasteiger partial charge in [0, 0.05) is 31.7 Å². The van der Waals surface area contributed by atoms with Gasteiger partial charge in [-0.2, -0.15) is 0 Å². The average molecular weight is 343 g/mol. The summed E-state index contributed by atoms with van der Waals surface area (Å²) in [5.41, 5.74) is 0.534. The van der Waals surface area contributed by atoms with Crippen LogP contribution in [0.15, 0.2) is 24.7 Å². The van der Waals surface area contributed by atoms with Gasteiger partial charge in [0.25, 0.3) is 0 Å². The Balaban J connectivity index is 1.72. The molecule has 1 aliphatic heterocycles. The van der Waals surface area contributed by atoms with Crippen molar-refractivity contribution in [3.8, 4) is 0 Å². The Kier molecular flexibility index (Phi) is 5.31. The normalized spacial score (nSPS) is 15.6. The molecule has 7 heteroatoms. The van der Waals surface area contributed by atoms with E-state index in [0.717, 1.165) is 38.3 Å². The van der Waals surface area contributed by atoms with Crippen molar-refractivity contribution in [3.05, 3.63) is 36.0 Å². The number of hydrogen-bond acceptors (Lipinski definition) is 6. The van der Waals surface area contributed by atoms with Crippen LogP contribution < -0.4 is 4.90 Å². The van der Waals surface area contributed by atoms with Gasteiger partial charge in [-0.1, -0.05) is 0 Å². The number of nitrogens with zero attached hydrogens (tertiary/aromatic N) is 5. The Morgan fingerprint density at radius 3 is 2.80 bits per heavy atom. The smallest absolute Gasteiger partial charge is 0.342 e. The second kappa shape index (κ2) is 7.63. The molecule has 3 rings (SSSR count). The zero-order valence-electron chi connectivity index (χ0n) is 15.1. The van der Waals surface area contributed by atoms with E-state index in [0.29, 0.717) is 17.3 Å². The fraction of sp³-hybridized carbons (Fsp3) is 0.556. The molecular weight excluding hydrogens is 318 g/mol. The zero-order valence-corrected chi connectivity index (χ0v) is 15.1. The number of hydrogen-bond donors (Lipinski definition) is 0. The molecule has 25 heavy (non-hydrogen) atoms. The maximum absolute atomic E-state index is 12.3. The van der Waals surface area contributed by atoms with Gasteiger partial charge in [-0.3, -0.25) is 0 Å². The third-order valence-electron chi connectivity index (χ3n) is 4.50. The monoisotopic (exact) mass is 343 g/mol. The lowest BCUT2D eigenvalue weighted by atomic mass is 9.95. The Morgan fingerprint density at radius 1 is 1.36 bits per heavy atom. The molecule has 1 aliphatic rings. The van der Waals surface area contributed by atoms with Gasteiger partial charge in [-0.15, -0.1) is 10.2 Å². The van der Waals surface area contributed by atoms with E-state index in [-0.39, 0.29) is 12.1 Å². The predicted octanol–water partition coefficient (Wildman–Crippen LogP) is 2.64. The van der Waals surface area contributed by atoms with Crippen LogP contribution in [0, 0.1) is 0 Å². The van der Waals surface area contributed by atoms with Crippen LogP contribution in [0.5, 0.6) is 0 Å². The average Bonchev–Trinajstić information content (AvgIpc) is 3.10. The molecule has 3 heterocycles. The third-order valence-corrected chi connectivity index (χ3v) is 4.50. The standard InChI is InChI=1S/C18H25N5O2/c1-4-22-12-20-21-16(22)14-7-10-23(11-8-14)17-15(6-5-9-19-17)18(24)25-13(2)3/h5-6,9,12-14H,4,7-8,10-11H2,1-3H3. The minimum Gasteiger partial charge on any atom is -0.459 e. The number of rotatable bonds is 5. The maximum Gasteiger partial charge on any atom is 0.342 e. The maximum atomic E-state index is 12.3. The number of carbonyl (C=O) groups is 1. The van der Waals surface area contributed by atoms with Crippen LogP contribution in [0.25, 0.3) is 0 Å². The first-order chi connectivity index (χ1) is 12.1. The first kappa shape index (κ1) is 17.4. The van der Waals surface area contributed by atoms with Gasteiger partial charge in [0.15, 0.2) is 0 Å². The fourth-order valence-electron chi connectivity index (χ4n) is 3.26. The Morgan fingerprint density at radius 2 is 2.12 bits per heavy atom. The molecular formula is C18H25N5O2. The van der Waals surface area contributed by atoms with E-state index < -0.39 is 0 Å². The quantitative estimate of drug-likeness (QED) is 0.777. The van der Waals surface area contributed by atoms with Crippen molar-refractivity contribution in [1.82, 2.24) is 19.7 Å². The van der Waals surface area contributed by atoms with Crippen molar-refractivity contribution in [2.24, 2.45) is 0 Å². The molecule has 0 N–H and O–H groups in total. The highest BCUT2D eigenvalue weighted by Gasteiger charge is 2.27. The first-order valence-electron chi connectivity index (χ1n) is 8.88. The van der Waals surface area contributed by atoms with Gasteiger partial charge in [0.1, 0.15) is 23.5 Å². The summed E-state index contributed by atoms with van der Waals surface area (Å²) in [7, 11) is 0. The van der Waals surface area contributed by atoms with Crippen LogP contribution in [-0.4, -0.2) is 44.9 Å². The fourth-order valence-corrected chi connectivity index (χ4v) is 3.26. The summed E-state index contributed by atoms with van der Waals surface area (Å²) in [6.07, 6.45) is 5.30. The topological polar surface area (TPSA) is 73.1 Å². The van der Waals surface area contributed by atoms with E-state index in [9.17, 15) is 4.79 Å². The van der Waals surface area contributed by atoms with Gasteiger partial charge in [-0.25, -0.2) is 9.78 Å². The van der Waals surface area contributed by atoms with Gasteiger partial charge in [-0.05, 0) is 45.7 Å². The van der Waals surface area contributed by atoms with Gasteiger partial charge >= 0.3 is 5.97 Å². The second-order valence-corrected chi connectivity index (χ2v) is 6.57. The van der Waals surface area contributed by atoms with Crippen LogP contribution in [0.3, 0.4) is 0 Å². The molecule has 0 saturated carbocycles. The van der Waals surface area contributed by atoms with E-state index in [1.54, 1.807) is 24.7 Å². The predicted molar refractivity (Wildman–Crippen MR) is 94.7 cm³/mol. The summed E-state index contributed by atoms with van der Waals surface area (Å²) in [4.78, 5) is 19.0. The summed E-state index contributed by atoms with van der Waals surface area (Å²) in [6, 6.07) is 3.56. The number of carbonyl (C=O) groups excluding carboxylic acids is 1. The Labute approximate surface area is 148 Å². The van der Waals surface area contributed by atoms with Crippen molar-refractivity contribution >= 4 is 11.8 Å². The highest BCUT2D eigenvalue weighted by Crippen LogP contribution is 2.30. The van der Waals surface area contributed by atoms with E-state index >= 15 is 0 Å². The highest BCUT2D eigenvalue weighted by atomic mass is 16.5. The SMILES string of the molecule is CCn1cnnc1C1CCN(c2ncccc2C(=O)OC(C)C)CC1. The number of aromatic nitrogens is 4. The van der Waals surface area contributed by atoms with Crippen LogP contribution >= 0.6 is 0 Å². The molecule has 0 bridgehead atoms. The lowest BCUT2D eigenvalue weighted by Crippen LogP contribution is -2.35. The summed E-state index contributed by atoms with van der Waals surface area (Å²) in [5.74, 6) is 1.85. The van der Waals surface area contributed by atoms with Crippen LogP contribution in [0.1, 0.15) is 55.7 Å².